The molecule has 0 aliphatic carbocycles. The molecule has 229 valence electrons. The summed E-state index contributed by atoms with van der Waals surface area (Å²) in [7, 11) is -2.28. The molecule has 0 atom stereocenters. The van der Waals surface area contributed by atoms with Gasteiger partial charge in [-0.15, -0.1) is 0 Å². The van der Waals surface area contributed by atoms with Crippen molar-refractivity contribution in [2.75, 3.05) is 0 Å². The molecule has 0 aliphatic rings. The van der Waals surface area contributed by atoms with Crippen LogP contribution in [-0.4, -0.2) is 8.32 Å². The van der Waals surface area contributed by atoms with Crippen LogP contribution in [0.1, 0.15) is 196 Å². The van der Waals surface area contributed by atoms with Gasteiger partial charge in [-0.3, -0.25) is 4.80 Å². The molecule has 0 aliphatic heterocycles. The summed E-state index contributed by atoms with van der Waals surface area (Å²) in [5, 5.41) is 0. The van der Waals surface area contributed by atoms with E-state index in [1.165, 1.54) is 154 Å². The molecule has 0 N–H and O–H groups in total. The second-order valence-corrected chi connectivity index (χ2v) is 18.3. The highest BCUT2D eigenvalue weighted by Gasteiger charge is 2.31. The van der Waals surface area contributed by atoms with Crippen LogP contribution in [-0.2, 0) is 4.80 Å². The van der Waals surface area contributed by atoms with Crippen LogP contribution in [0, 0.1) is 17.8 Å². The fraction of sp³-hybridized carbons (Fsp3) is 1.00. The Morgan fingerprint density at radius 1 is 0.316 bits per heavy atom. The Morgan fingerprint density at radius 3 is 0.711 bits per heavy atom. The molecule has 0 saturated carbocycles. The Hall–Kier alpha value is 0.177. The zero-order chi connectivity index (χ0) is 28.3. The smallest absolute Gasteiger partial charge is 0.237 e. The van der Waals surface area contributed by atoms with Gasteiger partial charge in [0.25, 0.3) is 0 Å². The Kier molecular flexibility index (Phi) is 27.5. The van der Waals surface area contributed by atoms with Crippen molar-refractivity contribution in [1.29, 1.82) is 0 Å². The van der Waals surface area contributed by atoms with Crippen LogP contribution in [0.15, 0.2) is 0 Å². The van der Waals surface area contributed by atoms with Gasteiger partial charge < -0.3 is 0 Å². The third kappa shape index (κ3) is 29.2. The maximum atomic E-state index is 14.0. The third-order valence-electron chi connectivity index (χ3n) is 8.74. The summed E-state index contributed by atoms with van der Waals surface area (Å²) in [6.45, 7) is 14.0. The van der Waals surface area contributed by atoms with Crippen molar-refractivity contribution in [3.63, 3.8) is 0 Å². The summed E-state index contributed by atoms with van der Waals surface area (Å²) in [6, 6.07) is 3.22. The van der Waals surface area contributed by atoms with Crippen LogP contribution in [0.5, 0.6) is 0 Å². The number of hydrogen-bond acceptors (Lipinski definition) is 0. The molecule has 38 heavy (non-hydrogen) atoms. The molecule has 2 heteroatoms. The summed E-state index contributed by atoms with van der Waals surface area (Å²) >= 11 is 0. The van der Waals surface area contributed by atoms with Crippen LogP contribution in [0.2, 0.25) is 18.1 Å². The minimum absolute atomic E-state index is 0.856. The van der Waals surface area contributed by atoms with Gasteiger partial charge in [-0.05, 0) is 35.9 Å². The van der Waals surface area contributed by atoms with Gasteiger partial charge in [0.1, 0.15) is 0 Å². The maximum Gasteiger partial charge on any atom is 0.237 e. The number of hydrogen-bond donors (Lipinski definition) is 0. The van der Waals surface area contributed by atoms with Gasteiger partial charge in [-0.25, -0.2) is 0 Å². The van der Waals surface area contributed by atoms with E-state index in [-0.39, 0.29) is 0 Å². The molecule has 1 radical (unpaired) electrons. The maximum absolute atomic E-state index is 14.0. The predicted octanol–water partition coefficient (Wildman–Crippen LogP) is 13.7. The number of unbranched alkanes of at least 4 members (excludes halogenated alkanes) is 18. The van der Waals surface area contributed by atoms with E-state index in [0.29, 0.717) is 0 Å². The van der Waals surface area contributed by atoms with E-state index in [2.05, 4.69) is 41.5 Å². The van der Waals surface area contributed by atoms with Crippen LogP contribution in [0.3, 0.4) is 0 Å². The molecule has 0 amide bonds. The first-order valence-corrected chi connectivity index (χ1v) is 20.5. The van der Waals surface area contributed by atoms with Gasteiger partial charge in [0.2, 0.25) is 8.32 Å². The average Bonchev–Trinajstić information content (AvgIpc) is 2.85. The average molecular weight is 552 g/mol. The molecule has 0 aromatic heterocycles. The molecular formula is C36H75OSi. The van der Waals surface area contributed by atoms with Crippen molar-refractivity contribution in [2.45, 2.75) is 214 Å². The Balaban J connectivity index is 4.11. The topological polar surface area (TPSA) is 19.9 Å². The van der Waals surface area contributed by atoms with Crippen molar-refractivity contribution >= 4 is 8.32 Å². The van der Waals surface area contributed by atoms with Crippen molar-refractivity contribution in [3.8, 4) is 0 Å². The highest BCUT2D eigenvalue weighted by molar-refractivity contribution is 6.72. The standard InChI is InChI=1S/C36H75OSi/c1-34(2)28-22-16-10-7-13-19-25-31-38(37,32-26-20-14-8-11-17-23-29-35(3)4)33-27-21-15-9-12-18-24-30-36(5)6/h34-36H,7-33H2,1-6H3. The fourth-order valence-electron chi connectivity index (χ4n) is 6.03. The second kappa shape index (κ2) is 27.4. The minimum atomic E-state index is -2.28. The summed E-state index contributed by atoms with van der Waals surface area (Å²) in [4.78, 5) is 14.0. The number of rotatable bonds is 30. The first kappa shape index (κ1) is 38.2. The molecular weight excluding hydrogens is 476 g/mol. The van der Waals surface area contributed by atoms with Crippen molar-refractivity contribution in [3.05, 3.63) is 0 Å². The summed E-state index contributed by atoms with van der Waals surface area (Å²) < 4.78 is 0. The Labute approximate surface area is 244 Å². The first-order valence-electron chi connectivity index (χ1n) is 18.0. The lowest BCUT2D eigenvalue weighted by molar-refractivity contribution is 0.397. The predicted molar refractivity (Wildman–Crippen MR) is 176 cm³/mol. The van der Waals surface area contributed by atoms with Gasteiger partial charge in [0, 0.05) is 0 Å². The lowest BCUT2D eigenvalue weighted by atomic mass is 10.0. The van der Waals surface area contributed by atoms with Gasteiger partial charge >= 0.3 is 0 Å². The van der Waals surface area contributed by atoms with Crippen LogP contribution in [0.4, 0.5) is 0 Å². The molecule has 1 nitrogen and oxygen atoms in total. The lowest BCUT2D eigenvalue weighted by Crippen LogP contribution is -2.32. The van der Waals surface area contributed by atoms with E-state index in [1.54, 1.807) is 0 Å². The van der Waals surface area contributed by atoms with Crippen molar-refractivity contribution in [1.82, 2.24) is 0 Å². The van der Waals surface area contributed by atoms with Gasteiger partial charge in [-0.2, -0.15) is 0 Å². The SMILES string of the molecule is CC(C)CCCCCCCCC[Si]([O])(CCCCCCCCCC(C)C)CCCCCCCCCC(C)C. The van der Waals surface area contributed by atoms with E-state index in [0.717, 1.165) is 35.9 Å². The van der Waals surface area contributed by atoms with E-state index in [4.69, 9.17) is 0 Å². The molecule has 0 aromatic rings. The molecule has 0 heterocycles. The van der Waals surface area contributed by atoms with E-state index in [1.807, 2.05) is 0 Å². The molecule has 0 aromatic carbocycles. The Bertz CT molecular complexity index is 394. The van der Waals surface area contributed by atoms with Crippen LogP contribution in [0.25, 0.3) is 0 Å². The molecule has 0 rings (SSSR count). The largest absolute Gasteiger partial charge is 0.297 e. The second-order valence-electron chi connectivity index (χ2n) is 14.4. The monoisotopic (exact) mass is 552 g/mol. The zero-order valence-electron chi connectivity index (χ0n) is 27.7. The molecule has 0 bridgehead atoms. The normalized spacial score (nSPS) is 12.5. The minimum Gasteiger partial charge on any atom is -0.297 e. The third-order valence-corrected chi connectivity index (χ3v) is 12.5. The molecule has 0 saturated heterocycles. The first-order chi connectivity index (χ1) is 18.2. The lowest BCUT2D eigenvalue weighted by Gasteiger charge is -2.23. The van der Waals surface area contributed by atoms with Gasteiger partial charge in [0.05, 0.1) is 0 Å². The van der Waals surface area contributed by atoms with Crippen LogP contribution >= 0.6 is 0 Å². The van der Waals surface area contributed by atoms with E-state index < -0.39 is 8.32 Å². The van der Waals surface area contributed by atoms with E-state index >= 15 is 0 Å². The highest BCUT2D eigenvalue weighted by Crippen LogP contribution is 2.28. The zero-order valence-corrected chi connectivity index (χ0v) is 28.7. The summed E-state index contributed by atoms with van der Waals surface area (Å²) in [6.07, 6.45) is 32.7. The molecule has 0 spiro atoms. The van der Waals surface area contributed by atoms with Crippen LogP contribution < -0.4 is 0 Å². The molecule has 0 unspecified atom stereocenters. The van der Waals surface area contributed by atoms with E-state index in [9.17, 15) is 4.80 Å². The fourth-order valence-corrected chi connectivity index (χ4v) is 9.46. The highest BCUT2D eigenvalue weighted by atomic mass is 28.4. The van der Waals surface area contributed by atoms with Gasteiger partial charge in [0.15, 0.2) is 0 Å². The Morgan fingerprint density at radius 2 is 0.500 bits per heavy atom. The van der Waals surface area contributed by atoms with Crippen molar-refractivity contribution in [2.24, 2.45) is 17.8 Å². The summed E-state index contributed by atoms with van der Waals surface area (Å²) in [5.74, 6) is 2.57. The molecule has 0 fully saturated rings. The van der Waals surface area contributed by atoms with Gasteiger partial charge in [-0.1, -0.05) is 196 Å². The quantitative estimate of drug-likeness (QED) is 0.0624. The van der Waals surface area contributed by atoms with Crippen molar-refractivity contribution < 1.29 is 4.80 Å². The summed E-state index contributed by atoms with van der Waals surface area (Å²) in [5.41, 5.74) is 0.